The van der Waals surface area contributed by atoms with Crippen LogP contribution in [0.2, 0.25) is 0 Å². The Balaban J connectivity index is 1.76. The van der Waals surface area contributed by atoms with Crippen LogP contribution in [0.4, 0.5) is 0 Å². The van der Waals surface area contributed by atoms with E-state index in [2.05, 4.69) is 16.8 Å². The SMILES string of the molecule is CCN(Cc1ccncc1)C1CCCN(S(=O)(=O)c2ccc(S(C)(=O)=O)cc2)C1. The summed E-state index contributed by atoms with van der Waals surface area (Å²) in [5.74, 6) is 0. The standard InChI is InChI=1S/C20H27N3O4S2/c1-3-22(15-17-10-12-21-13-11-17)18-5-4-14-23(16-18)29(26,27)20-8-6-19(7-9-20)28(2,24)25/h6-13,18H,3-5,14-16H2,1-2H3. The normalized spacial score (nSPS) is 18.8. The molecule has 0 N–H and O–H groups in total. The molecule has 0 radical (unpaired) electrons. The van der Waals surface area contributed by atoms with Crippen molar-refractivity contribution in [3.05, 3.63) is 54.4 Å². The topological polar surface area (TPSA) is 87.7 Å². The molecule has 9 heteroatoms. The van der Waals surface area contributed by atoms with Gasteiger partial charge < -0.3 is 0 Å². The number of sulfone groups is 1. The van der Waals surface area contributed by atoms with Crippen LogP contribution in [0.5, 0.6) is 0 Å². The largest absolute Gasteiger partial charge is 0.295 e. The summed E-state index contributed by atoms with van der Waals surface area (Å²) in [7, 11) is -7.03. The predicted octanol–water partition coefficient (Wildman–Crippen LogP) is 2.16. The fourth-order valence-corrected chi connectivity index (χ4v) is 5.81. The molecule has 0 aliphatic carbocycles. The molecule has 1 aromatic carbocycles. The van der Waals surface area contributed by atoms with Crippen LogP contribution in [0, 0.1) is 0 Å². The Labute approximate surface area is 173 Å². The Morgan fingerprint density at radius 3 is 2.24 bits per heavy atom. The van der Waals surface area contributed by atoms with Crippen LogP contribution in [0.3, 0.4) is 0 Å². The Morgan fingerprint density at radius 1 is 1.03 bits per heavy atom. The second-order valence-electron chi connectivity index (χ2n) is 7.32. The highest BCUT2D eigenvalue weighted by atomic mass is 32.2. The zero-order valence-electron chi connectivity index (χ0n) is 16.7. The Kier molecular flexibility index (Phi) is 6.72. The molecular formula is C20H27N3O4S2. The molecular weight excluding hydrogens is 410 g/mol. The molecule has 1 aromatic heterocycles. The summed E-state index contributed by atoms with van der Waals surface area (Å²) in [5.41, 5.74) is 1.15. The van der Waals surface area contributed by atoms with Crippen LogP contribution < -0.4 is 0 Å². The van der Waals surface area contributed by atoms with Crippen molar-refractivity contribution in [1.29, 1.82) is 0 Å². The smallest absolute Gasteiger partial charge is 0.243 e. The molecule has 0 amide bonds. The van der Waals surface area contributed by atoms with Gasteiger partial charge in [-0.2, -0.15) is 4.31 Å². The van der Waals surface area contributed by atoms with Gasteiger partial charge in [0.2, 0.25) is 10.0 Å². The van der Waals surface area contributed by atoms with Gasteiger partial charge in [-0.15, -0.1) is 0 Å². The van der Waals surface area contributed by atoms with Crippen molar-refractivity contribution in [2.24, 2.45) is 0 Å². The van der Waals surface area contributed by atoms with Crippen molar-refractivity contribution >= 4 is 19.9 Å². The number of pyridine rings is 1. The van der Waals surface area contributed by atoms with E-state index in [0.717, 1.165) is 37.8 Å². The summed E-state index contributed by atoms with van der Waals surface area (Å²) in [6, 6.07) is 9.55. The molecule has 1 fully saturated rings. The zero-order chi connectivity index (χ0) is 21.1. The van der Waals surface area contributed by atoms with Crippen LogP contribution >= 0.6 is 0 Å². The minimum atomic E-state index is -3.67. The van der Waals surface area contributed by atoms with Gasteiger partial charge in [0.15, 0.2) is 9.84 Å². The summed E-state index contributed by atoms with van der Waals surface area (Å²) in [6.45, 7) is 4.55. The molecule has 0 saturated carbocycles. The lowest BCUT2D eigenvalue weighted by Gasteiger charge is -2.38. The molecule has 3 rings (SSSR count). The fraction of sp³-hybridized carbons (Fsp3) is 0.450. The summed E-state index contributed by atoms with van der Waals surface area (Å²) < 4.78 is 51.0. The van der Waals surface area contributed by atoms with E-state index in [1.165, 1.54) is 28.6 Å². The maximum Gasteiger partial charge on any atom is 0.243 e. The Bertz CT molecular complexity index is 1020. The van der Waals surface area contributed by atoms with Gasteiger partial charge in [0, 0.05) is 44.3 Å². The lowest BCUT2D eigenvalue weighted by molar-refractivity contribution is 0.134. The van der Waals surface area contributed by atoms with E-state index in [0.29, 0.717) is 13.1 Å². The van der Waals surface area contributed by atoms with E-state index in [1.807, 2.05) is 12.1 Å². The number of hydrogen-bond donors (Lipinski definition) is 0. The van der Waals surface area contributed by atoms with Gasteiger partial charge in [-0.1, -0.05) is 6.92 Å². The van der Waals surface area contributed by atoms with Gasteiger partial charge in [0.05, 0.1) is 9.79 Å². The first-order valence-corrected chi connectivity index (χ1v) is 13.0. The number of likely N-dealkylation sites (N-methyl/N-ethyl adjacent to an activating group) is 1. The molecule has 1 atom stereocenters. The van der Waals surface area contributed by atoms with E-state index in [-0.39, 0.29) is 15.8 Å². The first-order valence-electron chi connectivity index (χ1n) is 9.65. The molecule has 1 aliphatic rings. The number of nitrogens with zero attached hydrogens (tertiary/aromatic N) is 3. The number of rotatable bonds is 7. The molecule has 2 aromatic rings. The maximum absolute atomic E-state index is 13.1. The molecule has 1 aliphatic heterocycles. The van der Waals surface area contributed by atoms with Crippen molar-refractivity contribution in [3.8, 4) is 0 Å². The zero-order valence-corrected chi connectivity index (χ0v) is 18.4. The van der Waals surface area contributed by atoms with Gasteiger partial charge in [0.25, 0.3) is 0 Å². The van der Waals surface area contributed by atoms with Crippen molar-refractivity contribution in [3.63, 3.8) is 0 Å². The molecule has 158 valence electrons. The Morgan fingerprint density at radius 2 is 1.66 bits per heavy atom. The molecule has 1 unspecified atom stereocenters. The lowest BCUT2D eigenvalue weighted by Crippen LogP contribution is -2.49. The average Bonchev–Trinajstić information content (AvgIpc) is 2.72. The van der Waals surface area contributed by atoms with Crippen LogP contribution in [0.25, 0.3) is 0 Å². The number of sulfonamides is 1. The molecule has 29 heavy (non-hydrogen) atoms. The number of aromatic nitrogens is 1. The third-order valence-electron chi connectivity index (χ3n) is 5.31. The molecule has 7 nitrogen and oxygen atoms in total. The summed E-state index contributed by atoms with van der Waals surface area (Å²) in [6.07, 6.45) is 6.37. The first-order chi connectivity index (χ1) is 13.7. The van der Waals surface area contributed by atoms with Gasteiger partial charge in [-0.3, -0.25) is 9.88 Å². The molecule has 2 heterocycles. The fourth-order valence-electron chi connectivity index (χ4n) is 3.67. The van der Waals surface area contributed by atoms with E-state index >= 15 is 0 Å². The number of benzene rings is 1. The first kappa shape index (κ1) is 21.9. The molecule has 1 saturated heterocycles. The van der Waals surface area contributed by atoms with Crippen LogP contribution in [-0.4, -0.2) is 63.0 Å². The van der Waals surface area contributed by atoms with Crippen molar-refractivity contribution in [2.75, 3.05) is 25.9 Å². The van der Waals surface area contributed by atoms with Crippen molar-refractivity contribution in [2.45, 2.75) is 42.1 Å². The van der Waals surface area contributed by atoms with Crippen molar-refractivity contribution < 1.29 is 16.8 Å². The van der Waals surface area contributed by atoms with E-state index in [4.69, 9.17) is 0 Å². The maximum atomic E-state index is 13.1. The number of piperidine rings is 1. The van der Waals surface area contributed by atoms with Gasteiger partial charge in [0.1, 0.15) is 0 Å². The average molecular weight is 438 g/mol. The lowest BCUT2D eigenvalue weighted by atomic mass is 10.1. The highest BCUT2D eigenvalue weighted by Gasteiger charge is 2.32. The minimum Gasteiger partial charge on any atom is -0.295 e. The summed E-state index contributed by atoms with van der Waals surface area (Å²) in [4.78, 5) is 6.58. The van der Waals surface area contributed by atoms with Gasteiger partial charge in [-0.25, -0.2) is 16.8 Å². The summed E-state index contributed by atoms with van der Waals surface area (Å²) >= 11 is 0. The second kappa shape index (κ2) is 8.91. The minimum absolute atomic E-state index is 0.113. The van der Waals surface area contributed by atoms with E-state index in [9.17, 15) is 16.8 Å². The predicted molar refractivity (Wildman–Crippen MR) is 112 cm³/mol. The second-order valence-corrected chi connectivity index (χ2v) is 11.3. The van der Waals surface area contributed by atoms with Gasteiger partial charge >= 0.3 is 0 Å². The highest BCUT2D eigenvalue weighted by molar-refractivity contribution is 7.90. The van der Waals surface area contributed by atoms with Crippen molar-refractivity contribution in [1.82, 2.24) is 14.2 Å². The highest BCUT2D eigenvalue weighted by Crippen LogP contribution is 2.25. The quantitative estimate of drug-likeness (QED) is 0.660. The van der Waals surface area contributed by atoms with Crippen LogP contribution in [0.15, 0.2) is 58.6 Å². The van der Waals surface area contributed by atoms with E-state index in [1.54, 1.807) is 12.4 Å². The third kappa shape index (κ3) is 5.22. The Hall–Kier alpha value is -1.81. The molecule has 0 spiro atoms. The van der Waals surface area contributed by atoms with E-state index < -0.39 is 19.9 Å². The molecule has 0 bridgehead atoms. The van der Waals surface area contributed by atoms with Gasteiger partial charge in [-0.05, 0) is 61.3 Å². The number of hydrogen-bond acceptors (Lipinski definition) is 6. The third-order valence-corrected chi connectivity index (χ3v) is 8.31. The van der Waals surface area contributed by atoms with Crippen LogP contribution in [-0.2, 0) is 26.4 Å². The van der Waals surface area contributed by atoms with Crippen LogP contribution in [0.1, 0.15) is 25.3 Å². The monoisotopic (exact) mass is 437 g/mol. The summed E-state index contributed by atoms with van der Waals surface area (Å²) in [5, 5.41) is 0.